The molecule has 0 saturated carbocycles. The first-order valence-electron chi connectivity index (χ1n) is 4.76. The first-order chi connectivity index (χ1) is 6.83. The Morgan fingerprint density at radius 1 is 1.29 bits per heavy atom. The molecule has 0 saturated heterocycles. The molecule has 0 aliphatic carbocycles. The van der Waals surface area contributed by atoms with Crippen LogP contribution in [0.1, 0.15) is 6.42 Å². The molecule has 0 spiro atoms. The van der Waals surface area contributed by atoms with E-state index in [0.717, 1.165) is 24.0 Å². The monoisotopic (exact) mass is 252 g/mol. The highest BCUT2D eigenvalue weighted by Gasteiger charge is 2.04. The van der Waals surface area contributed by atoms with Crippen molar-refractivity contribution >= 4 is 26.8 Å². The minimum atomic E-state index is 0.740. The third-order valence-electron chi connectivity index (χ3n) is 2.34. The lowest BCUT2D eigenvalue weighted by molar-refractivity contribution is 0.670. The number of aryl methyl sites for hydroxylation is 1. The van der Waals surface area contributed by atoms with Crippen LogP contribution in [0.25, 0.3) is 10.9 Å². The number of nitrogens with zero attached hydrogens (tertiary/aromatic N) is 1. The van der Waals surface area contributed by atoms with Gasteiger partial charge in [-0.15, -0.1) is 0 Å². The van der Waals surface area contributed by atoms with Gasteiger partial charge in [0.05, 0.1) is 0 Å². The average molecular weight is 253 g/mol. The molecule has 1 aromatic carbocycles. The van der Waals surface area contributed by atoms with Crippen molar-refractivity contribution in [2.75, 3.05) is 6.54 Å². The van der Waals surface area contributed by atoms with E-state index >= 15 is 0 Å². The predicted molar refractivity (Wildman–Crippen MR) is 63.3 cm³/mol. The quantitative estimate of drug-likeness (QED) is 0.895. The summed E-state index contributed by atoms with van der Waals surface area (Å²) in [5.41, 5.74) is 6.77. The number of rotatable bonds is 3. The normalized spacial score (nSPS) is 11.0. The second-order valence-corrected chi connectivity index (χ2v) is 4.18. The number of fused-ring (bicyclic) bond motifs is 1. The van der Waals surface area contributed by atoms with Gasteiger partial charge >= 0.3 is 0 Å². The van der Waals surface area contributed by atoms with Crippen LogP contribution in [0, 0.1) is 0 Å². The van der Waals surface area contributed by atoms with Crippen LogP contribution < -0.4 is 5.73 Å². The van der Waals surface area contributed by atoms with Crippen LogP contribution in [0.2, 0.25) is 0 Å². The van der Waals surface area contributed by atoms with Gasteiger partial charge in [-0.05, 0) is 35.0 Å². The summed E-state index contributed by atoms with van der Waals surface area (Å²) in [5.74, 6) is 0. The summed E-state index contributed by atoms with van der Waals surface area (Å²) in [4.78, 5) is 0. The fourth-order valence-corrected chi connectivity index (χ4v) is 2.23. The fraction of sp³-hybridized carbons (Fsp3) is 0.273. The van der Waals surface area contributed by atoms with Crippen molar-refractivity contribution in [3.05, 3.63) is 34.9 Å². The van der Waals surface area contributed by atoms with E-state index in [1.807, 2.05) is 0 Å². The SMILES string of the molecule is NCCCn1cc(Br)c2ccccc21. The Hall–Kier alpha value is -0.800. The number of halogens is 1. The van der Waals surface area contributed by atoms with Crippen molar-refractivity contribution in [3.63, 3.8) is 0 Å². The molecule has 0 aliphatic rings. The Kier molecular flexibility index (Phi) is 2.89. The lowest BCUT2D eigenvalue weighted by Gasteiger charge is -2.02. The minimum Gasteiger partial charge on any atom is -0.346 e. The smallest absolute Gasteiger partial charge is 0.0492 e. The Bertz CT molecular complexity index is 434. The van der Waals surface area contributed by atoms with Gasteiger partial charge in [0.1, 0.15) is 0 Å². The van der Waals surface area contributed by atoms with Crippen LogP contribution in [-0.2, 0) is 6.54 Å². The van der Waals surface area contributed by atoms with Gasteiger partial charge in [-0.25, -0.2) is 0 Å². The average Bonchev–Trinajstić information content (AvgIpc) is 2.54. The third-order valence-corrected chi connectivity index (χ3v) is 2.98. The Morgan fingerprint density at radius 3 is 2.86 bits per heavy atom. The molecule has 0 fully saturated rings. The third kappa shape index (κ3) is 1.70. The molecular formula is C11H13BrN2. The fourth-order valence-electron chi connectivity index (χ4n) is 1.65. The zero-order valence-corrected chi connectivity index (χ0v) is 9.50. The van der Waals surface area contributed by atoms with Crippen molar-refractivity contribution in [1.82, 2.24) is 4.57 Å². The summed E-state index contributed by atoms with van der Waals surface area (Å²) in [6.07, 6.45) is 3.14. The second kappa shape index (κ2) is 4.15. The van der Waals surface area contributed by atoms with E-state index in [1.54, 1.807) is 0 Å². The maximum absolute atomic E-state index is 5.50. The van der Waals surface area contributed by atoms with Gasteiger partial charge in [-0.3, -0.25) is 0 Å². The van der Waals surface area contributed by atoms with Crippen molar-refractivity contribution in [2.45, 2.75) is 13.0 Å². The van der Waals surface area contributed by atoms with Gasteiger partial charge in [0.25, 0.3) is 0 Å². The Morgan fingerprint density at radius 2 is 2.07 bits per heavy atom. The minimum absolute atomic E-state index is 0.740. The molecule has 1 aromatic heterocycles. The first-order valence-corrected chi connectivity index (χ1v) is 5.55. The molecule has 2 N–H and O–H groups in total. The molecule has 0 aliphatic heterocycles. The molecule has 0 atom stereocenters. The van der Waals surface area contributed by atoms with E-state index in [0.29, 0.717) is 0 Å². The maximum atomic E-state index is 5.50. The highest BCUT2D eigenvalue weighted by molar-refractivity contribution is 9.10. The largest absolute Gasteiger partial charge is 0.346 e. The number of nitrogens with two attached hydrogens (primary N) is 1. The lowest BCUT2D eigenvalue weighted by Crippen LogP contribution is -2.04. The summed E-state index contributed by atoms with van der Waals surface area (Å²) in [6, 6.07) is 8.38. The molecule has 2 rings (SSSR count). The molecular weight excluding hydrogens is 240 g/mol. The highest BCUT2D eigenvalue weighted by atomic mass is 79.9. The number of para-hydroxylation sites is 1. The van der Waals surface area contributed by atoms with Crippen molar-refractivity contribution in [1.29, 1.82) is 0 Å². The van der Waals surface area contributed by atoms with E-state index in [9.17, 15) is 0 Å². The van der Waals surface area contributed by atoms with Gasteiger partial charge in [0.2, 0.25) is 0 Å². The van der Waals surface area contributed by atoms with Crippen LogP contribution in [-0.4, -0.2) is 11.1 Å². The van der Waals surface area contributed by atoms with Crippen molar-refractivity contribution in [3.8, 4) is 0 Å². The van der Waals surface area contributed by atoms with E-state index in [2.05, 4.69) is 51.0 Å². The molecule has 2 nitrogen and oxygen atoms in total. The van der Waals surface area contributed by atoms with Crippen LogP contribution in [0.15, 0.2) is 34.9 Å². The Labute approximate surface area is 91.8 Å². The van der Waals surface area contributed by atoms with E-state index in [4.69, 9.17) is 5.73 Å². The molecule has 3 heteroatoms. The van der Waals surface area contributed by atoms with E-state index in [-0.39, 0.29) is 0 Å². The van der Waals surface area contributed by atoms with Crippen LogP contribution in [0.5, 0.6) is 0 Å². The predicted octanol–water partition coefficient (Wildman–Crippen LogP) is 2.75. The Balaban J connectivity index is 2.44. The number of hydrogen-bond acceptors (Lipinski definition) is 1. The molecule has 14 heavy (non-hydrogen) atoms. The van der Waals surface area contributed by atoms with Crippen LogP contribution in [0.3, 0.4) is 0 Å². The van der Waals surface area contributed by atoms with Gasteiger partial charge < -0.3 is 10.3 Å². The molecule has 0 amide bonds. The topological polar surface area (TPSA) is 30.9 Å². The standard InChI is InChI=1S/C11H13BrN2/c12-10-8-14(7-3-6-13)11-5-2-1-4-9(10)11/h1-2,4-5,8H,3,6-7,13H2. The molecule has 0 radical (unpaired) electrons. The molecule has 2 aromatic rings. The molecule has 0 unspecified atom stereocenters. The summed E-state index contributed by atoms with van der Waals surface area (Å²) in [5, 5.41) is 1.27. The van der Waals surface area contributed by atoms with Crippen molar-refractivity contribution in [2.24, 2.45) is 5.73 Å². The molecule has 1 heterocycles. The maximum Gasteiger partial charge on any atom is 0.0492 e. The van der Waals surface area contributed by atoms with E-state index < -0.39 is 0 Å². The molecule has 0 bridgehead atoms. The summed E-state index contributed by atoms with van der Waals surface area (Å²) in [6.45, 7) is 1.73. The molecule has 74 valence electrons. The summed E-state index contributed by atoms with van der Waals surface area (Å²) >= 11 is 3.56. The highest BCUT2D eigenvalue weighted by Crippen LogP contribution is 2.25. The van der Waals surface area contributed by atoms with Crippen molar-refractivity contribution < 1.29 is 0 Å². The van der Waals surface area contributed by atoms with Gasteiger partial charge in [-0.2, -0.15) is 0 Å². The summed E-state index contributed by atoms with van der Waals surface area (Å²) < 4.78 is 3.40. The number of hydrogen-bond donors (Lipinski definition) is 1. The number of benzene rings is 1. The number of aromatic nitrogens is 1. The van der Waals surface area contributed by atoms with E-state index in [1.165, 1.54) is 10.9 Å². The summed E-state index contributed by atoms with van der Waals surface area (Å²) in [7, 11) is 0. The van der Waals surface area contributed by atoms with Gasteiger partial charge in [0.15, 0.2) is 0 Å². The van der Waals surface area contributed by atoms with Crippen LogP contribution in [0.4, 0.5) is 0 Å². The van der Waals surface area contributed by atoms with Crippen LogP contribution >= 0.6 is 15.9 Å². The lowest BCUT2D eigenvalue weighted by atomic mass is 10.2. The second-order valence-electron chi connectivity index (χ2n) is 3.33. The van der Waals surface area contributed by atoms with Gasteiger partial charge in [0, 0.05) is 28.1 Å². The zero-order valence-electron chi connectivity index (χ0n) is 7.91. The first kappa shape index (κ1) is 9.74. The zero-order chi connectivity index (χ0) is 9.97. The van der Waals surface area contributed by atoms with Gasteiger partial charge in [-0.1, -0.05) is 18.2 Å².